The Morgan fingerprint density at radius 3 is 2.31 bits per heavy atom. The third kappa shape index (κ3) is 1.26. The van der Waals surface area contributed by atoms with E-state index in [9.17, 15) is 0 Å². The van der Waals surface area contributed by atoms with Crippen molar-refractivity contribution in [2.45, 2.75) is 31.6 Å². The standard InChI is InChI=1S/C11H16N2/c1-11(5-2-6-11)8-3-4-9(12)10(13)7-8/h3-4,7H,2,5-6,12-13H2,1H3. The molecule has 1 aromatic carbocycles. The summed E-state index contributed by atoms with van der Waals surface area (Å²) in [4.78, 5) is 0. The van der Waals surface area contributed by atoms with Gasteiger partial charge in [0.2, 0.25) is 0 Å². The maximum atomic E-state index is 5.77. The van der Waals surface area contributed by atoms with Gasteiger partial charge in [-0.05, 0) is 36.0 Å². The minimum atomic E-state index is 0.363. The van der Waals surface area contributed by atoms with Crippen molar-refractivity contribution in [3.8, 4) is 0 Å². The highest BCUT2D eigenvalue weighted by Gasteiger charge is 2.33. The molecule has 0 saturated heterocycles. The minimum Gasteiger partial charge on any atom is -0.397 e. The average molecular weight is 176 g/mol. The van der Waals surface area contributed by atoms with Crippen LogP contribution in [0.4, 0.5) is 11.4 Å². The maximum Gasteiger partial charge on any atom is 0.0550 e. The number of hydrogen-bond acceptors (Lipinski definition) is 2. The van der Waals surface area contributed by atoms with Crippen LogP contribution in [0.2, 0.25) is 0 Å². The third-order valence-corrected chi connectivity index (χ3v) is 3.24. The Hall–Kier alpha value is -1.18. The molecule has 1 fully saturated rings. The lowest BCUT2D eigenvalue weighted by Crippen LogP contribution is -2.30. The molecule has 1 aliphatic carbocycles. The van der Waals surface area contributed by atoms with E-state index in [4.69, 9.17) is 11.5 Å². The molecule has 0 heterocycles. The summed E-state index contributed by atoms with van der Waals surface area (Å²) in [6, 6.07) is 6.04. The van der Waals surface area contributed by atoms with Crippen molar-refractivity contribution >= 4 is 11.4 Å². The molecule has 13 heavy (non-hydrogen) atoms. The van der Waals surface area contributed by atoms with Gasteiger partial charge in [0, 0.05) is 0 Å². The van der Waals surface area contributed by atoms with E-state index in [2.05, 4.69) is 13.0 Å². The van der Waals surface area contributed by atoms with Gasteiger partial charge >= 0.3 is 0 Å². The van der Waals surface area contributed by atoms with Gasteiger partial charge in [-0.15, -0.1) is 0 Å². The molecule has 1 aromatic rings. The van der Waals surface area contributed by atoms with Gasteiger partial charge in [0.25, 0.3) is 0 Å². The Labute approximate surface area is 78.9 Å². The molecular formula is C11H16N2. The zero-order valence-corrected chi connectivity index (χ0v) is 8.01. The highest BCUT2D eigenvalue weighted by molar-refractivity contribution is 5.64. The molecule has 0 spiro atoms. The van der Waals surface area contributed by atoms with E-state index >= 15 is 0 Å². The van der Waals surface area contributed by atoms with E-state index in [0.717, 1.165) is 0 Å². The second-order valence-electron chi connectivity index (χ2n) is 4.26. The van der Waals surface area contributed by atoms with E-state index in [0.29, 0.717) is 16.8 Å². The van der Waals surface area contributed by atoms with Crippen molar-refractivity contribution in [2.24, 2.45) is 0 Å². The van der Waals surface area contributed by atoms with Gasteiger partial charge in [-0.2, -0.15) is 0 Å². The smallest absolute Gasteiger partial charge is 0.0550 e. The van der Waals surface area contributed by atoms with Crippen LogP contribution in [0.15, 0.2) is 18.2 Å². The number of benzene rings is 1. The van der Waals surface area contributed by atoms with Crippen LogP contribution in [0.3, 0.4) is 0 Å². The second kappa shape index (κ2) is 2.66. The number of hydrogen-bond donors (Lipinski definition) is 2. The van der Waals surface area contributed by atoms with Crippen LogP contribution >= 0.6 is 0 Å². The summed E-state index contributed by atoms with van der Waals surface area (Å²) in [6.07, 6.45) is 3.88. The first-order valence-electron chi connectivity index (χ1n) is 4.77. The molecule has 2 rings (SSSR count). The molecule has 70 valence electrons. The fourth-order valence-corrected chi connectivity index (χ4v) is 1.95. The zero-order chi connectivity index (χ0) is 9.47. The number of nitrogens with two attached hydrogens (primary N) is 2. The van der Waals surface area contributed by atoms with Gasteiger partial charge < -0.3 is 11.5 Å². The summed E-state index contributed by atoms with van der Waals surface area (Å²) < 4.78 is 0. The second-order valence-corrected chi connectivity index (χ2v) is 4.26. The van der Waals surface area contributed by atoms with Gasteiger partial charge in [0.1, 0.15) is 0 Å². The monoisotopic (exact) mass is 176 g/mol. The molecule has 1 saturated carbocycles. The van der Waals surface area contributed by atoms with E-state index < -0.39 is 0 Å². The predicted molar refractivity (Wildman–Crippen MR) is 56.5 cm³/mol. The maximum absolute atomic E-state index is 5.77. The molecule has 0 amide bonds. The summed E-state index contributed by atoms with van der Waals surface area (Å²) in [7, 11) is 0. The molecule has 2 heteroatoms. The van der Waals surface area contributed by atoms with Crippen molar-refractivity contribution in [3.63, 3.8) is 0 Å². The predicted octanol–water partition coefficient (Wildman–Crippen LogP) is 2.29. The molecular weight excluding hydrogens is 160 g/mol. The van der Waals surface area contributed by atoms with Crippen LogP contribution in [0, 0.1) is 0 Å². The fourth-order valence-electron chi connectivity index (χ4n) is 1.95. The van der Waals surface area contributed by atoms with Gasteiger partial charge in [0.05, 0.1) is 11.4 Å². The Morgan fingerprint density at radius 1 is 1.15 bits per heavy atom. The Morgan fingerprint density at radius 2 is 1.85 bits per heavy atom. The van der Waals surface area contributed by atoms with Crippen molar-refractivity contribution in [2.75, 3.05) is 11.5 Å². The lowest BCUT2D eigenvalue weighted by molar-refractivity contribution is 0.272. The normalized spacial score (nSPS) is 19.5. The van der Waals surface area contributed by atoms with Crippen LogP contribution in [-0.2, 0) is 5.41 Å². The molecule has 0 aromatic heterocycles. The van der Waals surface area contributed by atoms with Gasteiger partial charge in [0.15, 0.2) is 0 Å². The summed E-state index contributed by atoms with van der Waals surface area (Å²) in [5, 5.41) is 0. The highest BCUT2D eigenvalue weighted by atomic mass is 14.7. The molecule has 1 aliphatic rings. The van der Waals surface area contributed by atoms with E-state index in [1.807, 2.05) is 12.1 Å². The topological polar surface area (TPSA) is 52.0 Å². The van der Waals surface area contributed by atoms with Crippen molar-refractivity contribution in [1.82, 2.24) is 0 Å². The first-order valence-corrected chi connectivity index (χ1v) is 4.77. The Bertz CT molecular complexity index is 327. The molecule has 4 N–H and O–H groups in total. The zero-order valence-electron chi connectivity index (χ0n) is 8.01. The summed E-state index contributed by atoms with van der Waals surface area (Å²) in [5.74, 6) is 0. The van der Waals surface area contributed by atoms with Gasteiger partial charge in [-0.3, -0.25) is 0 Å². The largest absolute Gasteiger partial charge is 0.397 e. The minimum absolute atomic E-state index is 0.363. The van der Waals surface area contributed by atoms with Crippen LogP contribution in [0.5, 0.6) is 0 Å². The van der Waals surface area contributed by atoms with Crippen LogP contribution in [-0.4, -0.2) is 0 Å². The molecule has 2 nitrogen and oxygen atoms in total. The summed E-state index contributed by atoms with van der Waals surface area (Å²) in [5.41, 5.74) is 14.5. The van der Waals surface area contributed by atoms with Gasteiger partial charge in [-0.25, -0.2) is 0 Å². The first-order chi connectivity index (χ1) is 6.12. The van der Waals surface area contributed by atoms with Crippen LogP contribution in [0.25, 0.3) is 0 Å². The quantitative estimate of drug-likeness (QED) is 0.645. The Balaban J connectivity index is 2.36. The van der Waals surface area contributed by atoms with Crippen LogP contribution in [0.1, 0.15) is 31.7 Å². The summed E-state index contributed by atoms with van der Waals surface area (Å²) in [6.45, 7) is 2.29. The number of rotatable bonds is 1. The summed E-state index contributed by atoms with van der Waals surface area (Å²) >= 11 is 0. The van der Waals surface area contributed by atoms with Crippen molar-refractivity contribution in [3.05, 3.63) is 23.8 Å². The van der Waals surface area contributed by atoms with Crippen LogP contribution < -0.4 is 11.5 Å². The molecule has 0 unspecified atom stereocenters. The lowest BCUT2D eigenvalue weighted by Gasteiger charge is -2.39. The molecule has 0 radical (unpaired) electrons. The van der Waals surface area contributed by atoms with Crippen molar-refractivity contribution < 1.29 is 0 Å². The fraction of sp³-hybridized carbons (Fsp3) is 0.455. The average Bonchev–Trinajstić information content (AvgIpc) is 2.06. The van der Waals surface area contributed by atoms with E-state index in [1.54, 1.807) is 0 Å². The first kappa shape index (κ1) is 8.42. The number of nitrogen functional groups attached to an aromatic ring is 2. The van der Waals surface area contributed by atoms with Gasteiger partial charge in [-0.1, -0.05) is 19.4 Å². The SMILES string of the molecule is CC1(c2ccc(N)c(N)c2)CCC1. The molecule has 0 atom stereocenters. The Kier molecular flexibility index (Phi) is 1.72. The molecule has 0 aliphatic heterocycles. The lowest BCUT2D eigenvalue weighted by atomic mass is 9.66. The van der Waals surface area contributed by atoms with Crippen molar-refractivity contribution in [1.29, 1.82) is 0 Å². The molecule has 0 bridgehead atoms. The van der Waals surface area contributed by atoms with E-state index in [-0.39, 0.29) is 0 Å². The number of anilines is 2. The third-order valence-electron chi connectivity index (χ3n) is 3.24. The highest BCUT2D eigenvalue weighted by Crippen LogP contribution is 2.43. The van der Waals surface area contributed by atoms with E-state index in [1.165, 1.54) is 24.8 Å².